The number of carbonyl (C=O) groups excluding carboxylic acids is 1. The average Bonchev–Trinajstić information content (AvgIpc) is 2.96. The lowest BCUT2D eigenvalue weighted by Gasteiger charge is -2.31. The third-order valence-electron chi connectivity index (χ3n) is 3.58. The number of aromatic nitrogens is 1. The van der Waals surface area contributed by atoms with Crippen LogP contribution < -0.4 is 5.32 Å². The predicted molar refractivity (Wildman–Crippen MR) is 69.9 cm³/mol. The summed E-state index contributed by atoms with van der Waals surface area (Å²) in [6, 6.07) is 1.60. The number of carbonyl (C=O) groups is 2. The van der Waals surface area contributed by atoms with E-state index in [1.165, 1.54) is 6.26 Å². The maximum Gasteiger partial charge on any atom is 0.317 e. The normalized spacial score (nSPS) is 16.1. The summed E-state index contributed by atoms with van der Waals surface area (Å²) in [6.07, 6.45) is 4.11. The van der Waals surface area contributed by atoms with Crippen LogP contribution in [0.1, 0.15) is 31.4 Å². The third kappa shape index (κ3) is 4.25. The van der Waals surface area contributed by atoms with Crippen molar-refractivity contribution in [2.24, 2.45) is 5.92 Å². The number of urea groups is 1. The smallest absolute Gasteiger partial charge is 0.317 e. The number of hydrogen-bond acceptors (Lipinski definition) is 4. The number of rotatable bonds is 5. The number of piperidine rings is 1. The predicted octanol–water partition coefficient (Wildman–Crippen LogP) is 1.46. The fraction of sp³-hybridized carbons (Fsp3) is 0.615. The fourth-order valence-corrected chi connectivity index (χ4v) is 2.36. The Bertz CT molecular complexity index is 438. The van der Waals surface area contributed by atoms with Crippen LogP contribution in [0.3, 0.4) is 0 Å². The van der Waals surface area contributed by atoms with Gasteiger partial charge in [-0.3, -0.25) is 4.79 Å². The van der Waals surface area contributed by atoms with E-state index in [0.717, 1.165) is 12.8 Å². The van der Waals surface area contributed by atoms with Crippen molar-refractivity contribution < 1.29 is 19.2 Å². The number of nitrogens with one attached hydrogen (secondary N) is 1. The summed E-state index contributed by atoms with van der Waals surface area (Å²) in [5, 5.41) is 15.2. The molecule has 0 aromatic carbocycles. The van der Waals surface area contributed by atoms with Crippen molar-refractivity contribution >= 4 is 12.0 Å². The minimum Gasteiger partial charge on any atom is -0.481 e. The lowest BCUT2D eigenvalue weighted by Crippen LogP contribution is -2.44. The Labute approximate surface area is 116 Å². The molecule has 2 amide bonds. The molecule has 1 aliphatic rings. The molecule has 0 saturated carbocycles. The summed E-state index contributed by atoms with van der Waals surface area (Å²) in [7, 11) is 0. The van der Waals surface area contributed by atoms with Crippen molar-refractivity contribution in [2.45, 2.75) is 32.2 Å². The van der Waals surface area contributed by atoms with Gasteiger partial charge in [0.2, 0.25) is 0 Å². The highest BCUT2D eigenvalue weighted by molar-refractivity contribution is 5.74. The van der Waals surface area contributed by atoms with E-state index in [0.29, 0.717) is 37.7 Å². The van der Waals surface area contributed by atoms with Gasteiger partial charge in [0, 0.05) is 25.6 Å². The third-order valence-corrected chi connectivity index (χ3v) is 3.58. The first-order valence-corrected chi connectivity index (χ1v) is 6.79. The molecule has 7 nitrogen and oxygen atoms in total. The van der Waals surface area contributed by atoms with E-state index in [-0.39, 0.29) is 12.5 Å². The number of aliphatic carboxylic acids is 1. The van der Waals surface area contributed by atoms with Crippen LogP contribution in [-0.4, -0.2) is 40.3 Å². The van der Waals surface area contributed by atoms with E-state index >= 15 is 0 Å². The van der Waals surface area contributed by atoms with Gasteiger partial charge in [-0.05, 0) is 25.2 Å². The highest BCUT2D eigenvalue weighted by Gasteiger charge is 2.23. The lowest BCUT2D eigenvalue weighted by molar-refractivity contribution is -0.137. The summed E-state index contributed by atoms with van der Waals surface area (Å²) in [5.74, 6) is -0.344. The zero-order valence-electron chi connectivity index (χ0n) is 11.2. The average molecular weight is 281 g/mol. The Hall–Kier alpha value is -2.05. The fourth-order valence-electron chi connectivity index (χ4n) is 2.36. The second-order valence-electron chi connectivity index (χ2n) is 5.01. The van der Waals surface area contributed by atoms with Crippen LogP contribution in [0.5, 0.6) is 0 Å². The van der Waals surface area contributed by atoms with Gasteiger partial charge in [-0.15, -0.1) is 0 Å². The zero-order chi connectivity index (χ0) is 14.4. The van der Waals surface area contributed by atoms with Gasteiger partial charge in [0.05, 0.1) is 6.54 Å². The monoisotopic (exact) mass is 281 g/mol. The van der Waals surface area contributed by atoms with Crippen molar-refractivity contribution in [3.8, 4) is 0 Å². The highest BCUT2D eigenvalue weighted by Crippen LogP contribution is 2.21. The quantitative estimate of drug-likeness (QED) is 0.851. The van der Waals surface area contributed by atoms with Crippen molar-refractivity contribution in [3.63, 3.8) is 0 Å². The van der Waals surface area contributed by atoms with Crippen LogP contribution in [0.15, 0.2) is 16.9 Å². The van der Waals surface area contributed by atoms with Crippen LogP contribution in [0, 0.1) is 5.92 Å². The molecule has 0 bridgehead atoms. The number of amides is 2. The summed E-state index contributed by atoms with van der Waals surface area (Å²) < 4.78 is 4.69. The van der Waals surface area contributed by atoms with E-state index in [4.69, 9.17) is 5.11 Å². The Morgan fingerprint density at radius 3 is 2.80 bits per heavy atom. The van der Waals surface area contributed by atoms with Gasteiger partial charge >= 0.3 is 12.0 Å². The second-order valence-corrected chi connectivity index (χ2v) is 5.01. The molecule has 1 fully saturated rings. The molecule has 1 saturated heterocycles. The van der Waals surface area contributed by atoms with Crippen LogP contribution in [0.25, 0.3) is 0 Å². The maximum absolute atomic E-state index is 11.9. The van der Waals surface area contributed by atoms with Gasteiger partial charge in [-0.25, -0.2) is 4.79 Å². The van der Waals surface area contributed by atoms with Crippen LogP contribution in [0.2, 0.25) is 0 Å². The van der Waals surface area contributed by atoms with Gasteiger partial charge in [0.25, 0.3) is 0 Å². The molecule has 1 aliphatic heterocycles. The van der Waals surface area contributed by atoms with Gasteiger partial charge in [-0.1, -0.05) is 5.16 Å². The summed E-state index contributed by atoms with van der Waals surface area (Å²) >= 11 is 0. The molecule has 1 aromatic heterocycles. The van der Waals surface area contributed by atoms with Gasteiger partial charge in [0.1, 0.15) is 12.0 Å². The molecule has 7 heteroatoms. The van der Waals surface area contributed by atoms with Crippen molar-refractivity contribution in [3.05, 3.63) is 18.0 Å². The summed E-state index contributed by atoms with van der Waals surface area (Å²) in [4.78, 5) is 24.2. The molecule has 0 spiro atoms. The standard InChI is InChI=1S/C13H19N3O4/c17-12(18)2-1-10-3-6-16(7-4-10)13(19)14-9-11-5-8-20-15-11/h5,8,10H,1-4,6-7,9H2,(H,14,19)(H,17,18). The number of hydrogen-bond donors (Lipinski definition) is 2. The first kappa shape index (κ1) is 14.4. The van der Waals surface area contributed by atoms with Gasteiger partial charge in [0.15, 0.2) is 0 Å². The minimum atomic E-state index is -0.752. The summed E-state index contributed by atoms with van der Waals surface area (Å²) in [5.41, 5.74) is 0.690. The topological polar surface area (TPSA) is 95.7 Å². The second kappa shape index (κ2) is 6.93. The van der Waals surface area contributed by atoms with E-state index < -0.39 is 5.97 Å². The van der Waals surface area contributed by atoms with E-state index in [1.807, 2.05) is 0 Å². The van der Waals surface area contributed by atoms with E-state index in [9.17, 15) is 9.59 Å². The van der Waals surface area contributed by atoms with Crippen LogP contribution >= 0.6 is 0 Å². The molecule has 0 aliphatic carbocycles. The van der Waals surface area contributed by atoms with Crippen molar-refractivity contribution in [2.75, 3.05) is 13.1 Å². The molecule has 0 unspecified atom stereocenters. The number of carboxylic acids is 1. The first-order chi connectivity index (χ1) is 9.65. The number of carboxylic acid groups (broad SMARTS) is 1. The SMILES string of the molecule is O=C(O)CCC1CCN(C(=O)NCc2ccon2)CC1. The number of likely N-dealkylation sites (tertiary alicyclic amines) is 1. The van der Waals surface area contributed by atoms with Gasteiger partial charge in [-0.2, -0.15) is 0 Å². The van der Waals surface area contributed by atoms with Gasteiger partial charge < -0.3 is 19.8 Å². The molecular formula is C13H19N3O4. The summed E-state index contributed by atoms with van der Waals surface area (Å²) in [6.45, 7) is 1.71. The Balaban J connectivity index is 1.67. The maximum atomic E-state index is 11.9. The van der Waals surface area contributed by atoms with Crippen molar-refractivity contribution in [1.82, 2.24) is 15.4 Å². The van der Waals surface area contributed by atoms with E-state index in [2.05, 4.69) is 15.0 Å². The molecule has 2 N–H and O–H groups in total. The number of nitrogens with zero attached hydrogens (tertiary/aromatic N) is 2. The Morgan fingerprint density at radius 2 is 2.20 bits per heavy atom. The molecule has 0 atom stereocenters. The Morgan fingerprint density at radius 1 is 1.45 bits per heavy atom. The highest BCUT2D eigenvalue weighted by atomic mass is 16.5. The first-order valence-electron chi connectivity index (χ1n) is 6.79. The lowest BCUT2D eigenvalue weighted by atomic mass is 9.92. The van der Waals surface area contributed by atoms with Crippen molar-refractivity contribution in [1.29, 1.82) is 0 Å². The molecule has 2 rings (SSSR count). The zero-order valence-corrected chi connectivity index (χ0v) is 11.2. The van der Waals surface area contributed by atoms with Crippen LogP contribution in [0.4, 0.5) is 4.79 Å². The molecule has 20 heavy (non-hydrogen) atoms. The molecule has 1 aromatic rings. The molecule has 0 radical (unpaired) electrons. The minimum absolute atomic E-state index is 0.107. The van der Waals surface area contributed by atoms with E-state index in [1.54, 1.807) is 11.0 Å². The Kier molecular flexibility index (Phi) is 4.97. The van der Waals surface area contributed by atoms with Crippen LogP contribution in [-0.2, 0) is 11.3 Å². The molecular weight excluding hydrogens is 262 g/mol. The molecule has 110 valence electrons. The molecule has 2 heterocycles. The largest absolute Gasteiger partial charge is 0.481 e.